The summed E-state index contributed by atoms with van der Waals surface area (Å²) in [6, 6.07) is 21.0. The molecule has 34 heavy (non-hydrogen) atoms. The quantitative estimate of drug-likeness (QED) is 0.348. The molecule has 0 unspecified atom stereocenters. The highest BCUT2D eigenvalue weighted by Crippen LogP contribution is 2.35. The predicted octanol–water partition coefficient (Wildman–Crippen LogP) is 4.88. The van der Waals surface area contributed by atoms with Crippen LogP contribution in [0.15, 0.2) is 73.1 Å². The Morgan fingerprint density at radius 2 is 0.971 bits per heavy atom. The lowest BCUT2D eigenvalue weighted by molar-refractivity contribution is 0.183. The molecule has 3 aromatic carbocycles. The molecule has 2 heterocycles. The summed E-state index contributed by atoms with van der Waals surface area (Å²) in [5, 5.41) is 21.4. The summed E-state index contributed by atoms with van der Waals surface area (Å²) in [7, 11) is 3.43. The molecule has 2 aromatic heterocycles. The number of rotatable bonds is 8. The van der Waals surface area contributed by atoms with Gasteiger partial charge in [0, 0.05) is 25.3 Å². The number of methoxy groups -OCH3 is 2. The number of aromatic amines is 2. The van der Waals surface area contributed by atoms with Gasteiger partial charge in [0.25, 0.3) is 0 Å². The van der Waals surface area contributed by atoms with Crippen molar-refractivity contribution in [3.8, 4) is 44.8 Å². The van der Waals surface area contributed by atoms with E-state index in [-0.39, 0.29) is 0 Å². The molecular formula is C26H24N6O2. The van der Waals surface area contributed by atoms with Crippen LogP contribution in [-0.2, 0) is 22.7 Å². The summed E-state index contributed by atoms with van der Waals surface area (Å²) in [5.41, 5.74) is 10.3. The third kappa shape index (κ3) is 4.36. The number of H-pyrrole nitrogens is 2. The normalized spacial score (nSPS) is 11.1. The number of aromatic nitrogens is 6. The van der Waals surface area contributed by atoms with Gasteiger partial charge >= 0.3 is 0 Å². The number of nitrogens with one attached hydrogen (secondary N) is 2. The third-order valence-electron chi connectivity index (χ3n) is 5.74. The molecule has 0 radical (unpaired) electrons. The van der Waals surface area contributed by atoms with Gasteiger partial charge in [0.2, 0.25) is 0 Å². The zero-order valence-electron chi connectivity index (χ0n) is 18.9. The maximum absolute atomic E-state index is 5.56. The average Bonchev–Trinajstić information content (AvgIpc) is 3.60. The first-order valence-electron chi connectivity index (χ1n) is 10.8. The van der Waals surface area contributed by atoms with Gasteiger partial charge in [-0.2, -0.15) is 30.8 Å². The smallest absolute Gasteiger partial charge is 0.112 e. The van der Waals surface area contributed by atoms with Crippen molar-refractivity contribution in [1.29, 1.82) is 0 Å². The van der Waals surface area contributed by atoms with E-state index in [4.69, 9.17) is 9.47 Å². The molecule has 0 aliphatic heterocycles. The van der Waals surface area contributed by atoms with Gasteiger partial charge in [0.15, 0.2) is 0 Å². The molecular weight excluding hydrogens is 428 g/mol. The van der Waals surface area contributed by atoms with Crippen molar-refractivity contribution < 1.29 is 9.47 Å². The lowest BCUT2D eigenvalue weighted by Gasteiger charge is -2.17. The van der Waals surface area contributed by atoms with Crippen LogP contribution in [0.4, 0.5) is 0 Å². The van der Waals surface area contributed by atoms with E-state index in [0.717, 1.165) is 55.9 Å². The van der Waals surface area contributed by atoms with Crippen LogP contribution in [0, 0.1) is 0 Å². The molecule has 5 rings (SSSR count). The van der Waals surface area contributed by atoms with Gasteiger partial charge in [0.1, 0.15) is 11.4 Å². The van der Waals surface area contributed by atoms with Gasteiger partial charge in [-0.05, 0) is 45.5 Å². The Kier molecular flexibility index (Phi) is 6.24. The number of benzene rings is 3. The van der Waals surface area contributed by atoms with Crippen LogP contribution in [0.2, 0.25) is 0 Å². The molecule has 0 saturated heterocycles. The highest BCUT2D eigenvalue weighted by atomic mass is 16.5. The monoisotopic (exact) mass is 452 g/mol. The molecule has 170 valence electrons. The van der Waals surface area contributed by atoms with Crippen molar-refractivity contribution in [3.63, 3.8) is 0 Å². The highest BCUT2D eigenvalue weighted by Gasteiger charge is 2.14. The Bertz CT molecular complexity index is 1240. The Balaban J connectivity index is 1.55. The van der Waals surface area contributed by atoms with Crippen molar-refractivity contribution in [2.24, 2.45) is 0 Å². The fourth-order valence-corrected chi connectivity index (χ4v) is 4.10. The van der Waals surface area contributed by atoms with Crippen LogP contribution in [-0.4, -0.2) is 45.0 Å². The van der Waals surface area contributed by atoms with E-state index in [2.05, 4.69) is 91.5 Å². The second kappa shape index (κ2) is 9.78. The predicted molar refractivity (Wildman–Crippen MR) is 129 cm³/mol. The molecule has 5 aromatic rings. The first kappa shape index (κ1) is 21.7. The lowest BCUT2D eigenvalue weighted by Crippen LogP contribution is -1.99. The summed E-state index contributed by atoms with van der Waals surface area (Å²) in [4.78, 5) is 0. The number of hydrogen-bond acceptors (Lipinski definition) is 6. The highest BCUT2D eigenvalue weighted by molar-refractivity contribution is 5.78. The van der Waals surface area contributed by atoms with E-state index in [9.17, 15) is 0 Å². The summed E-state index contributed by atoms with van der Waals surface area (Å²) < 4.78 is 11.1. The second-order valence-electron chi connectivity index (χ2n) is 7.90. The van der Waals surface area contributed by atoms with E-state index >= 15 is 0 Å². The Hall–Kier alpha value is -4.14. The Morgan fingerprint density at radius 3 is 1.29 bits per heavy atom. The third-order valence-corrected chi connectivity index (χ3v) is 5.74. The zero-order valence-corrected chi connectivity index (χ0v) is 18.9. The number of hydrogen-bond donors (Lipinski definition) is 2. The first-order chi connectivity index (χ1) is 16.8. The fraction of sp³-hybridized carbons (Fsp3) is 0.154. The largest absolute Gasteiger partial charge is 0.380 e. The van der Waals surface area contributed by atoms with E-state index in [1.165, 1.54) is 0 Å². The van der Waals surface area contributed by atoms with Gasteiger partial charge in [0.05, 0.1) is 25.6 Å². The lowest BCUT2D eigenvalue weighted by atomic mass is 9.90. The molecule has 0 saturated carbocycles. The fourth-order valence-electron chi connectivity index (χ4n) is 4.10. The molecule has 2 N–H and O–H groups in total. The van der Waals surface area contributed by atoms with Crippen molar-refractivity contribution in [1.82, 2.24) is 30.8 Å². The van der Waals surface area contributed by atoms with E-state index in [1.807, 2.05) is 0 Å². The van der Waals surface area contributed by atoms with Crippen molar-refractivity contribution in [3.05, 3.63) is 84.2 Å². The van der Waals surface area contributed by atoms with Crippen LogP contribution in [0.5, 0.6) is 0 Å². The summed E-state index contributed by atoms with van der Waals surface area (Å²) in [6.07, 6.45) is 3.43. The SMILES string of the molecule is COCc1cc(-c2ccc(-c3cn[nH]n3)cc2)c(COC)cc1-c1ccc(-c2cn[nH]n2)cc1. The summed E-state index contributed by atoms with van der Waals surface area (Å²) in [5.74, 6) is 0. The standard InChI is InChI=1S/C26H24N6O2/c1-33-15-21-11-24(18-5-9-20(10-6-18)26-14-28-32-30-26)22(16-34-2)12-23(21)17-3-7-19(8-4-17)25-13-27-31-29-25/h3-14H,15-16H2,1-2H3,(H,27,29,31)(H,28,30,32). The minimum absolute atomic E-state index is 0.498. The van der Waals surface area contributed by atoms with Crippen molar-refractivity contribution >= 4 is 0 Å². The van der Waals surface area contributed by atoms with Gasteiger partial charge < -0.3 is 9.47 Å². The summed E-state index contributed by atoms with van der Waals surface area (Å²) in [6.45, 7) is 0.995. The van der Waals surface area contributed by atoms with E-state index in [1.54, 1.807) is 26.6 Å². The van der Waals surface area contributed by atoms with Crippen LogP contribution >= 0.6 is 0 Å². The van der Waals surface area contributed by atoms with Crippen molar-refractivity contribution in [2.75, 3.05) is 14.2 Å². The molecule has 8 heteroatoms. The van der Waals surface area contributed by atoms with Gasteiger partial charge in [-0.1, -0.05) is 48.5 Å². The minimum Gasteiger partial charge on any atom is -0.380 e. The first-order valence-corrected chi connectivity index (χ1v) is 10.8. The van der Waals surface area contributed by atoms with E-state index < -0.39 is 0 Å². The summed E-state index contributed by atoms with van der Waals surface area (Å²) >= 11 is 0. The maximum Gasteiger partial charge on any atom is 0.112 e. The van der Waals surface area contributed by atoms with Gasteiger partial charge in [-0.25, -0.2) is 0 Å². The number of ether oxygens (including phenoxy) is 2. The maximum atomic E-state index is 5.56. The molecule has 0 amide bonds. The minimum atomic E-state index is 0.498. The molecule has 0 bridgehead atoms. The topological polar surface area (TPSA) is 102 Å². The van der Waals surface area contributed by atoms with Gasteiger partial charge in [-0.3, -0.25) is 0 Å². The molecule has 0 aliphatic rings. The van der Waals surface area contributed by atoms with Crippen LogP contribution in [0.3, 0.4) is 0 Å². The average molecular weight is 453 g/mol. The van der Waals surface area contributed by atoms with E-state index in [0.29, 0.717) is 13.2 Å². The molecule has 0 fully saturated rings. The van der Waals surface area contributed by atoms with Gasteiger partial charge in [-0.15, -0.1) is 0 Å². The Labute approximate surface area is 197 Å². The van der Waals surface area contributed by atoms with Crippen LogP contribution in [0.25, 0.3) is 44.8 Å². The molecule has 0 atom stereocenters. The van der Waals surface area contributed by atoms with Crippen molar-refractivity contribution in [2.45, 2.75) is 13.2 Å². The molecule has 8 nitrogen and oxygen atoms in total. The Morgan fingerprint density at radius 1 is 0.588 bits per heavy atom. The van der Waals surface area contributed by atoms with Crippen LogP contribution in [0.1, 0.15) is 11.1 Å². The second-order valence-corrected chi connectivity index (χ2v) is 7.90. The zero-order chi connectivity index (χ0) is 23.3. The van der Waals surface area contributed by atoms with Crippen LogP contribution < -0.4 is 0 Å². The number of nitrogens with zero attached hydrogens (tertiary/aromatic N) is 4. The molecule has 0 spiro atoms. The molecule has 0 aliphatic carbocycles.